The van der Waals surface area contributed by atoms with Crippen molar-refractivity contribution in [3.05, 3.63) is 65.2 Å². The molecule has 2 aromatic rings. The van der Waals surface area contributed by atoms with Crippen molar-refractivity contribution in [2.75, 3.05) is 11.4 Å². The fraction of sp³-hybridized carbons (Fsp3) is 0.133. The van der Waals surface area contributed by atoms with E-state index in [-0.39, 0.29) is 6.54 Å². The third kappa shape index (κ3) is 4.00. The minimum atomic E-state index is -0.856. The number of carboxylic acid groups (broad SMARTS) is 1. The quantitative estimate of drug-likeness (QED) is 0.909. The molecule has 98 valence electrons. The van der Waals surface area contributed by atoms with Gasteiger partial charge >= 0.3 is 5.97 Å². The van der Waals surface area contributed by atoms with Gasteiger partial charge < -0.3 is 10.0 Å². The molecular weight excluding hydrogens is 262 g/mol. The summed E-state index contributed by atoms with van der Waals surface area (Å²) in [7, 11) is 0. The van der Waals surface area contributed by atoms with E-state index in [0.717, 1.165) is 11.3 Å². The number of aliphatic carboxylic acids is 1. The summed E-state index contributed by atoms with van der Waals surface area (Å²) >= 11 is 5.95. The zero-order valence-electron chi connectivity index (χ0n) is 10.3. The van der Waals surface area contributed by atoms with Gasteiger partial charge in [-0.05, 0) is 29.8 Å². The number of hydrogen-bond acceptors (Lipinski definition) is 2. The van der Waals surface area contributed by atoms with Crippen LogP contribution in [0.3, 0.4) is 0 Å². The highest BCUT2D eigenvalue weighted by atomic mass is 35.5. The predicted octanol–water partition coefficient (Wildman–Crippen LogP) is 3.43. The van der Waals surface area contributed by atoms with Crippen molar-refractivity contribution in [3.8, 4) is 0 Å². The predicted molar refractivity (Wildman–Crippen MR) is 76.6 cm³/mol. The minimum Gasteiger partial charge on any atom is -0.480 e. The van der Waals surface area contributed by atoms with Crippen LogP contribution in [0.4, 0.5) is 5.69 Å². The van der Waals surface area contributed by atoms with Crippen LogP contribution in [-0.4, -0.2) is 17.6 Å². The van der Waals surface area contributed by atoms with E-state index in [4.69, 9.17) is 16.7 Å². The number of halogens is 1. The van der Waals surface area contributed by atoms with Gasteiger partial charge in [0.05, 0.1) is 0 Å². The summed E-state index contributed by atoms with van der Waals surface area (Å²) in [5, 5.41) is 9.66. The van der Waals surface area contributed by atoms with Crippen LogP contribution < -0.4 is 4.90 Å². The highest BCUT2D eigenvalue weighted by Gasteiger charge is 2.11. The van der Waals surface area contributed by atoms with Crippen molar-refractivity contribution in [2.24, 2.45) is 0 Å². The normalized spacial score (nSPS) is 10.2. The van der Waals surface area contributed by atoms with Gasteiger partial charge in [0.15, 0.2) is 0 Å². The molecule has 0 spiro atoms. The van der Waals surface area contributed by atoms with E-state index in [2.05, 4.69) is 0 Å². The smallest absolute Gasteiger partial charge is 0.323 e. The summed E-state index contributed by atoms with van der Waals surface area (Å²) in [5.41, 5.74) is 1.86. The van der Waals surface area contributed by atoms with E-state index in [9.17, 15) is 4.79 Å². The summed E-state index contributed by atoms with van der Waals surface area (Å²) in [6.45, 7) is 0.466. The van der Waals surface area contributed by atoms with Gasteiger partial charge in [-0.15, -0.1) is 0 Å². The number of para-hydroxylation sites is 1. The van der Waals surface area contributed by atoms with E-state index < -0.39 is 5.97 Å². The van der Waals surface area contributed by atoms with Crippen LogP contribution >= 0.6 is 11.6 Å². The van der Waals surface area contributed by atoms with Gasteiger partial charge in [0.1, 0.15) is 6.54 Å². The highest BCUT2D eigenvalue weighted by Crippen LogP contribution is 2.18. The Morgan fingerprint density at radius 3 is 2.47 bits per heavy atom. The molecule has 0 aromatic heterocycles. The van der Waals surface area contributed by atoms with Crippen molar-refractivity contribution in [3.63, 3.8) is 0 Å². The molecule has 0 aliphatic rings. The first-order valence-electron chi connectivity index (χ1n) is 5.91. The molecule has 0 fully saturated rings. The lowest BCUT2D eigenvalue weighted by molar-refractivity contribution is -0.135. The monoisotopic (exact) mass is 275 g/mol. The summed E-state index contributed by atoms with van der Waals surface area (Å²) in [4.78, 5) is 12.8. The molecule has 0 aliphatic heterocycles. The Morgan fingerprint density at radius 2 is 1.84 bits per heavy atom. The number of carboxylic acids is 1. The molecule has 19 heavy (non-hydrogen) atoms. The standard InChI is InChI=1S/C15H14ClNO2/c16-13-6-4-5-12(9-13)10-17(11-15(18)19)14-7-2-1-3-8-14/h1-9H,10-11H2,(H,18,19). The Morgan fingerprint density at radius 1 is 1.11 bits per heavy atom. The molecular formula is C15H14ClNO2. The van der Waals surface area contributed by atoms with Crippen molar-refractivity contribution < 1.29 is 9.90 Å². The molecule has 0 heterocycles. The lowest BCUT2D eigenvalue weighted by Gasteiger charge is -2.23. The van der Waals surface area contributed by atoms with Crippen LogP contribution in [0.25, 0.3) is 0 Å². The van der Waals surface area contributed by atoms with Crippen LogP contribution in [0.2, 0.25) is 5.02 Å². The molecule has 0 bridgehead atoms. The van der Waals surface area contributed by atoms with Gasteiger partial charge in [-0.2, -0.15) is 0 Å². The largest absolute Gasteiger partial charge is 0.480 e. The van der Waals surface area contributed by atoms with Crippen molar-refractivity contribution in [2.45, 2.75) is 6.54 Å². The van der Waals surface area contributed by atoms with Crippen molar-refractivity contribution in [1.82, 2.24) is 0 Å². The van der Waals surface area contributed by atoms with Gasteiger partial charge in [0, 0.05) is 17.3 Å². The summed E-state index contributed by atoms with van der Waals surface area (Å²) in [5.74, 6) is -0.856. The van der Waals surface area contributed by atoms with Crippen molar-refractivity contribution in [1.29, 1.82) is 0 Å². The SMILES string of the molecule is O=C(O)CN(Cc1cccc(Cl)c1)c1ccccc1. The average molecular weight is 276 g/mol. The number of carbonyl (C=O) groups is 1. The molecule has 2 aromatic carbocycles. The summed E-state index contributed by atoms with van der Waals surface area (Å²) < 4.78 is 0. The zero-order valence-corrected chi connectivity index (χ0v) is 11.0. The van der Waals surface area contributed by atoms with Crippen molar-refractivity contribution >= 4 is 23.3 Å². The van der Waals surface area contributed by atoms with Gasteiger partial charge in [-0.3, -0.25) is 4.79 Å². The molecule has 0 radical (unpaired) electrons. The first-order chi connectivity index (χ1) is 9.15. The number of rotatable bonds is 5. The van der Waals surface area contributed by atoms with E-state index >= 15 is 0 Å². The maximum atomic E-state index is 11.0. The molecule has 0 saturated heterocycles. The van der Waals surface area contributed by atoms with Gasteiger partial charge in [-0.25, -0.2) is 0 Å². The Hall–Kier alpha value is -2.00. The van der Waals surface area contributed by atoms with E-state index in [1.54, 1.807) is 11.0 Å². The third-order valence-electron chi connectivity index (χ3n) is 2.71. The molecule has 0 amide bonds. The number of anilines is 1. The highest BCUT2D eigenvalue weighted by molar-refractivity contribution is 6.30. The Balaban J connectivity index is 2.21. The van der Waals surface area contributed by atoms with Crippen LogP contribution in [-0.2, 0) is 11.3 Å². The van der Waals surface area contributed by atoms with Crippen LogP contribution in [0.5, 0.6) is 0 Å². The lowest BCUT2D eigenvalue weighted by Crippen LogP contribution is -2.29. The molecule has 0 unspecified atom stereocenters. The van der Waals surface area contributed by atoms with Crippen LogP contribution in [0.15, 0.2) is 54.6 Å². The zero-order chi connectivity index (χ0) is 13.7. The molecule has 2 rings (SSSR count). The lowest BCUT2D eigenvalue weighted by atomic mass is 10.2. The maximum absolute atomic E-state index is 11.0. The molecule has 3 nitrogen and oxygen atoms in total. The number of nitrogens with zero attached hydrogens (tertiary/aromatic N) is 1. The van der Waals surface area contributed by atoms with E-state index in [0.29, 0.717) is 11.6 Å². The second-order valence-electron chi connectivity index (χ2n) is 4.22. The molecule has 0 atom stereocenters. The second kappa shape index (κ2) is 6.25. The Kier molecular flexibility index (Phi) is 4.42. The van der Waals surface area contributed by atoms with Crippen LogP contribution in [0, 0.1) is 0 Å². The number of hydrogen-bond donors (Lipinski definition) is 1. The summed E-state index contributed by atoms with van der Waals surface area (Å²) in [6.07, 6.45) is 0. The van der Waals surface area contributed by atoms with Crippen LogP contribution in [0.1, 0.15) is 5.56 Å². The first-order valence-corrected chi connectivity index (χ1v) is 6.29. The second-order valence-corrected chi connectivity index (χ2v) is 4.65. The fourth-order valence-corrected chi connectivity index (χ4v) is 2.11. The number of benzene rings is 2. The molecule has 0 aliphatic carbocycles. The van der Waals surface area contributed by atoms with E-state index in [1.807, 2.05) is 48.5 Å². The molecule has 0 saturated carbocycles. The Bertz CT molecular complexity index is 557. The minimum absolute atomic E-state index is 0.0451. The maximum Gasteiger partial charge on any atom is 0.323 e. The topological polar surface area (TPSA) is 40.5 Å². The fourth-order valence-electron chi connectivity index (χ4n) is 1.90. The summed E-state index contributed by atoms with van der Waals surface area (Å²) in [6, 6.07) is 16.9. The van der Waals surface area contributed by atoms with Gasteiger partial charge in [0.25, 0.3) is 0 Å². The molecule has 1 N–H and O–H groups in total. The third-order valence-corrected chi connectivity index (χ3v) is 2.95. The van der Waals surface area contributed by atoms with Gasteiger partial charge in [0.2, 0.25) is 0 Å². The molecule has 4 heteroatoms. The average Bonchev–Trinajstić information content (AvgIpc) is 2.38. The first kappa shape index (κ1) is 13.4. The van der Waals surface area contributed by atoms with E-state index in [1.165, 1.54) is 0 Å². The Labute approximate surface area is 117 Å². The van der Waals surface area contributed by atoms with Gasteiger partial charge in [-0.1, -0.05) is 41.9 Å².